The number of aliphatic imine (C=N–C) groups is 1. The first kappa shape index (κ1) is 17.5. The maximum atomic E-state index is 4.64. The summed E-state index contributed by atoms with van der Waals surface area (Å²) >= 11 is 3.60. The van der Waals surface area contributed by atoms with Gasteiger partial charge in [0, 0.05) is 23.4 Å². The standard InChI is InChI=1S/C19H22BrN5/c1-13-7-6-10-18-24-15(12-25(13)18)11-22-19(21-3)23-14(2)16-8-4-5-9-17(16)20/h4-10,12,14H,11H2,1-3H3,(H2,21,22,23). The number of hydrogen-bond donors (Lipinski definition) is 2. The highest BCUT2D eigenvalue weighted by atomic mass is 79.9. The molecule has 2 aromatic heterocycles. The van der Waals surface area contributed by atoms with Gasteiger partial charge in [-0.1, -0.05) is 40.2 Å². The minimum Gasteiger partial charge on any atom is -0.351 e. The molecule has 0 aliphatic heterocycles. The molecule has 2 N–H and O–H groups in total. The number of nitrogens with one attached hydrogen (secondary N) is 2. The molecule has 25 heavy (non-hydrogen) atoms. The number of rotatable bonds is 4. The number of benzene rings is 1. The molecule has 2 heterocycles. The second kappa shape index (κ2) is 7.70. The molecule has 1 aromatic carbocycles. The van der Waals surface area contributed by atoms with Crippen molar-refractivity contribution in [1.29, 1.82) is 0 Å². The second-order valence-electron chi connectivity index (χ2n) is 5.94. The Balaban J connectivity index is 1.66. The van der Waals surface area contributed by atoms with Crippen molar-refractivity contribution in [3.05, 3.63) is 70.1 Å². The summed E-state index contributed by atoms with van der Waals surface area (Å²) in [6.45, 7) is 4.80. The van der Waals surface area contributed by atoms with Crippen LogP contribution in [0.15, 0.2) is 58.1 Å². The molecular weight excluding hydrogens is 378 g/mol. The Hall–Kier alpha value is -2.34. The molecule has 3 rings (SSSR count). The summed E-state index contributed by atoms with van der Waals surface area (Å²) in [5.74, 6) is 0.747. The first-order chi connectivity index (χ1) is 12.1. The van der Waals surface area contributed by atoms with E-state index in [0.29, 0.717) is 6.54 Å². The zero-order chi connectivity index (χ0) is 17.8. The summed E-state index contributed by atoms with van der Waals surface area (Å²) in [7, 11) is 1.77. The molecule has 0 amide bonds. The third-order valence-corrected chi connectivity index (χ3v) is 4.85. The Morgan fingerprint density at radius 1 is 1.24 bits per heavy atom. The second-order valence-corrected chi connectivity index (χ2v) is 6.80. The smallest absolute Gasteiger partial charge is 0.191 e. The first-order valence-corrected chi connectivity index (χ1v) is 9.03. The molecule has 0 aliphatic rings. The van der Waals surface area contributed by atoms with Gasteiger partial charge in [0.05, 0.1) is 18.3 Å². The van der Waals surface area contributed by atoms with Gasteiger partial charge in [0.2, 0.25) is 0 Å². The van der Waals surface area contributed by atoms with Crippen LogP contribution < -0.4 is 10.6 Å². The molecule has 1 atom stereocenters. The minimum atomic E-state index is 0.130. The van der Waals surface area contributed by atoms with Crippen molar-refractivity contribution >= 4 is 27.5 Å². The monoisotopic (exact) mass is 399 g/mol. The van der Waals surface area contributed by atoms with Crippen LogP contribution >= 0.6 is 15.9 Å². The van der Waals surface area contributed by atoms with E-state index in [1.54, 1.807) is 7.05 Å². The van der Waals surface area contributed by atoms with E-state index in [1.165, 1.54) is 11.3 Å². The number of fused-ring (bicyclic) bond motifs is 1. The number of imidazole rings is 1. The molecule has 0 radical (unpaired) electrons. The van der Waals surface area contributed by atoms with Crippen LogP contribution in [-0.2, 0) is 6.54 Å². The quantitative estimate of drug-likeness (QED) is 0.517. The SMILES string of the molecule is CN=C(NCc1cn2c(C)cccc2n1)NC(C)c1ccccc1Br. The van der Waals surface area contributed by atoms with Crippen molar-refractivity contribution in [1.82, 2.24) is 20.0 Å². The summed E-state index contributed by atoms with van der Waals surface area (Å²) in [6.07, 6.45) is 2.06. The Bertz CT molecular complexity index is 900. The van der Waals surface area contributed by atoms with E-state index in [9.17, 15) is 0 Å². The summed E-state index contributed by atoms with van der Waals surface area (Å²) in [5.41, 5.74) is 4.29. The summed E-state index contributed by atoms with van der Waals surface area (Å²) in [5, 5.41) is 6.75. The van der Waals surface area contributed by atoms with Gasteiger partial charge in [-0.3, -0.25) is 4.99 Å². The van der Waals surface area contributed by atoms with Crippen LogP contribution in [0.3, 0.4) is 0 Å². The van der Waals surface area contributed by atoms with Gasteiger partial charge in [-0.15, -0.1) is 0 Å². The van der Waals surface area contributed by atoms with E-state index in [-0.39, 0.29) is 6.04 Å². The van der Waals surface area contributed by atoms with Crippen molar-refractivity contribution in [2.75, 3.05) is 7.05 Å². The molecule has 0 saturated heterocycles. The number of pyridine rings is 1. The van der Waals surface area contributed by atoms with Crippen LogP contribution in [0.5, 0.6) is 0 Å². The molecule has 0 fully saturated rings. The van der Waals surface area contributed by atoms with Crippen molar-refractivity contribution in [2.24, 2.45) is 4.99 Å². The maximum Gasteiger partial charge on any atom is 0.191 e. The summed E-state index contributed by atoms with van der Waals surface area (Å²) in [6, 6.07) is 14.4. The van der Waals surface area contributed by atoms with Crippen LogP contribution in [0.1, 0.15) is 29.9 Å². The Morgan fingerprint density at radius 3 is 2.76 bits per heavy atom. The summed E-state index contributed by atoms with van der Waals surface area (Å²) in [4.78, 5) is 8.96. The third-order valence-electron chi connectivity index (χ3n) is 4.13. The highest BCUT2D eigenvalue weighted by Crippen LogP contribution is 2.22. The molecule has 5 nitrogen and oxygen atoms in total. The maximum absolute atomic E-state index is 4.64. The van der Waals surface area contributed by atoms with E-state index >= 15 is 0 Å². The van der Waals surface area contributed by atoms with E-state index in [2.05, 4.69) is 73.1 Å². The Morgan fingerprint density at radius 2 is 2.04 bits per heavy atom. The molecule has 6 heteroatoms. The molecule has 130 valence electrons. The topological polar surface area (TPSA) is 53.7 Å². The largest absolute Gasteiger partial charge is 0.351 e. The third kappa shape index (κ3) is 4.02. The lowest BCUT2D eigenvalue weighted by atomic mass is 10.1. The summed E-state index contributed by atoms with van der Waals surface area (Å²) < 4.78 is 3.18. The van der Waals surface area contributed by atoms with Crippen LogP contribution in [-0.4, -0.2) is 22.4 Å². The highest BCUT2D eigenvalue weighted by molar-refractivity contribution is 9.10. The first-order valence-electron chi connectivity index (χ1n) is 8.23. The molecule has 0 spiro atoms. The normalized spacial score (nSPS) is 13.0. The van der Waals surface area contributed by atoms with Gasteiger partial charge in [0.15, 0.2) is 5.96 Å². The van der Waals surface area contributed by atoms with Gasteiger partial charge in [-0.05, 0) is 37.6 Å². The van der Waals surface area contributed by atoms with Crippen LogP contribution in [0, 0.1) is 6.92 Å². The molecule has 0 aliphatic carbocycles. The number of guanidine groups is 1. The molecule has 1 unspecified atom stereocenters. The fourth-order valence-electron chi connectivity index (χ4n) is 2.76. The van der Waals surface area contributed by atoms with Gasteiger partial charge < -0.3 is 15.0 Å². The van der Waals surface area contributed by atoms with Gasteiger partial charge in [-0.2, -0.15) is 0 Å². The van der Waals surface area contributed by atoms with Gasteiger partial charge in [-0.25, -0.2) is 4.98 Å². The van der Waals surface area contributed by atoms with Crippen molar-refractivity contribution in [2.45, 2.75) is 26.4 Å². The fourth-order valence-corrected chi connectivity index (χ4v) is 3.39. The fraction of sp³-hybridized carbons (Fsp3) is 0.263. The predicted octanol–water partition coefficient (Wildman–Crippen LogP) is 3.83. The average Bonchev–Trinajstić information content (AvgIpc) is 3.03. The van der Waals surface area contributed by atoms with Crippen LogP contribution in [0.2, 0.25) is 0 Å². The number of aryl methyl sites for hydroxylation is 1. The molecule has 0 bridgehead atoms. The molecule has 0 saturated carbocycles. The lowest BCUT2D eigenvalue weighted by Crippen LogP contribution is -2.38. The van der Waals surface area contributed by atoms with Crippen LogP contribution in [0.25, 0.3) is 5.65 Å². The predicted molar refractivity (Wildman–Crippen MR) is 106 cm³/mol. The number of hydrogen-bond acceptors (Lipinski definition) is 2. The lowest BCUT2D eigenvalue weighted by molar-refractivity contribution is 0.681. The Kier molecular flexibility index (Phi) is 5.38. The van der Waals surface area contributed by atoms with E-state index in [1.807, 2.05) is 30.3 Å². The van der Waals surface area contributed by atoms with Crippen molar-refractivity contribution in [3.8, 4) is 0 Å². The highest BCUT2D eigenvalue weighted by Gasteiger charge is 2.11. The van der Waals surface area contributed by atoms with Crippen molar-refractivity contribution in [3.63, 3.8) is 0 Å². The van der Waals surface area contributed by atoms with E-state index in [0.717, 1.165) is 21.8 Å². The molecular formula is C19H22BrN5. The van der Waals surface area contributed by atoms with E-state index < -0.39 is 0 Å². The Labute approximate surface area is 156 Å². The number of aromatic nitrogens is 2. The van der Waals surface area contributed by atoms with Gasteiger partial charge in [0.1, 0.15) is 5.65 Å². The average molecular weight is 400 g/mol. The van der Waals surface area contributed by atoms with Gasteiger partial charge in [0.25, 0.3) is 0 Å². The van der Waals surface area contributed by atoms with Crippen LogP contribution in [0.4, 0.5) is 0 Å². The number of halogens is 1. The van der Waals surface area contributed by atoms with E-state index in [4.69, 9.17) is 0 Å². The van der Waals surface area contributed by atoms with Crippen molar-refractivity contribution < 1.29 is 0 Å². The van der Waals surface area contributed by atoms with Gasteiger partial charge >= 0.3 is 0 Å². The zero-order valence-electron chi connectivity index (χ0n) is 14.6. The minimum absolute atomic E-state index is 0.130. The lowest BCUT2D eigenvalue weighted by Gasteiger charge is -2.19. The molecule has 3 aromatic rings. The number of nitrogens with zero attached hydrogens (tertiary/aromatic N) is 3. The zero-order valence-corrected chi connectivity index (χ0v) is 16.2.